The average molecular weight is 348 g/mol. The summed E-state index contributed by atoms with van der Waals surface area (Å²) in [5.74, 6) is 0.669. The zero-order valence-corrected chi connectivity index (χ0v) is 14.6. The fraction of sp³-hybridized carbons (Fsp3) is 0.556. The summed E-state index contributed by atoms with van der Waals surface area (Å²) < 4.78 is 5.99. The molecule has 0 bridgehead atoms. The van der Waals surface area contributed by atoms with E-state index in [0.29, 0.717) is 34.7 Å². The zero-order valence-electron chi connectivity index (χ0n) is 13.8. The molecule has 0 radical (unpaired) electrons. The van der Waals surface area contributed by atoms with Crippen LogP contribution in [0.2, 0.25) is 5.02 Å². The van der Waals surface area contributed by atoms with E-state index in [9.17, 15) is 4.79 Å². The van der Waals surface area contributed by atoms with Gasteiger partial charge in [-0.05, 0) is 43.9 Å². The largest absolute Gasteiger partial charge is 0.372 e. The van der Waals surface area contributed by atoms with Crippen LogP contribution in [0.5, 0.6) is 0 Å². The molecule has 1 N–H and O–H groups in total. The highest BCUT2D eigenvalue weighted by Gasteiger charge is 2.37. The monoisotopic (exact) mass is 347 g/mol. The van der Waals surface area contributed by atoms with E-state index in [-0.39, 0.29) is 12.0 Å². The summed E-state index contributed by atoms with van der Waals surface area (Å²) in [5.41, 5.74) is 1.03. The molecule has 1 aromatic carbocycles. The molecule has 24 heavy (non-hydrogen) atoms. The zero-order chi connectivity index (χ0) is 17.1. The second-order valence-corrected chi connectivity index (χ2v) is 7.09. The molecule has 1 aliphatic heterocycles. The van der Waals surface area contributed by atoms with Gasteiger partial charge in [0.05, 0.1) is 22.8 Å². The summed E-state index contributed by atoms with van der Waals surface area (Å²) in [7, 11) is 0. The molecule has 1 saturated heterocycles. The minimum Gasteiger partial charge on any atom is -0.372 e. The van der Waals surface area contributed by atoms with E-state index in [2.05, 4.69) is 17.1 Å². The van der Waals surface area contributed by atoms with Gasteiger partial charge in [0.25, 0.3) is 0 Å². The summed E-state index contributed by atoms with van der Waals surface area (Å²) in [6.45, 7) is 4.62. The number of hydrogen-bond acceptors (Lipinski definition) is 4. The van der Waals surface area contributed by atoms with Crippen molar-refractivity contribution in [1.82, 2.24) is 4.90 Å². The van der Waals surface area contributed by atoms with Gasteiger partial charge in [0.1, 0.15) is 6.07 Å². The molecule has 1 amide bonds. The molecule has 2 unspecified atom stereocenters. The molecule has 5 nitrogen and oxygen atoms in total. The fourth-order valence-corrected chi connectivity index (χ4v) is 3.38. The second kappa shape index (κ2) is 7.52. The van der Waals surface area contributed by atoms with Gasteiger partial charge in [-0.3, -0.25) is 9.69 Å². The number of carbonyl (C=O) groups is 1. The standard InChI is InChI=1S/C18H22ClN3O2/c1-12-10-22(11-17(24-12)13-2-3-13)7-6-18(23)21-15-5-4-14(9-20)16(19)8-15/h4-5,8,12-13,17H,2-3,6-7,10-11H2,1H3,(H,21,23). The molecule has 2 atom stereocenters. The third-order valence-electron chi connectivity index (χ3n) is 4.54. The lowest BCUT2D eigenvalue weighted by Gasteiger charge is -2.37. The number of nitriles is 1. The van der Waals surface area contributed by atoms with Gasteiger partial charge in [-0.2, -0.15) is 5.26 Å². The highest BCUT2D eigenvalue weighted by molar-refractivity contribution is 6.32. The second-order valence-electron chi connectivity index (χ2n) is 6.69. The van der Waals surface area contributed by atoms with Crippen LogP contribution in [0.1, 0.15) is 31.7 Å². The normalized spacial score (nSPS) is 24.4. The first-order valence-electron chi connectivity index (χ1n) is 8.42. The Morgan fingerprint density at radius 1 is 1.46 bits per heavy atom. The molecule has 2 aliphatic rings. The minimum absolute atomic E-state index is 0.0436. The summed E-state index contributed by atoms with van der Waals surface area (Å²) in [6, 6.07) is 6.92. The lowest BCUT2D eigenvalue weighted by molar-refractivity contribution is -0.118. The van der Waals surface area contributed by atoms with Crippen LogP contribution in [-0.2, 0) is 9.53 Å². The number of rotatable bonds is 5. The molecule has 6 heteroatoms. The Balaban J connectivity index is 1.48. The number of carbonyl (C=O) groups excluding carboxylic acids is 1. The van der Waals surface area contributed by atoms with Crippen molar-refractivity contribution in [2.24, 2.45) is 5.92 Å². The van der Waals surface area contributed by atoms with Crippen molar-refractivity contribution in [3.8, 4) is 6.07 Å². The van der Waals surface area contributed by atoms with Gasteiger partial charge in [-0.15, -0.1) is 0 Å². The van der Waals surface area contributed by atoms with Gasteiger partial charge in [-0.25, -0.2) is 0 Å². The van der Waals surface area contributed by atoms with Gasteiger partial charge in [-0.1, -0.05) is 11.6 Å². The summed E-state index contributed by atoms with van der Waals surface area (Å²) in [6.07, 6.45) is 3.52. The number of ether oxygens (including phenoxy) is 1. The van der Waals surface area contributed by atoms with E-state index >= 15 is 0 Å². The molecule has 1 aromatic rings. The number of hydrogen-bond donors (Lipinski definition) is 1. The number of halogens is 1. The summed E-state index contributed by atoms with van der Waals surface area (Å²) >= 11 is 5.98. The molecule has 3 rings (SSSR count). The van der Waals surface area contributed by atoms with Crippen LogP contribution in [0.15, 0.2) is 18.2 Å². The van der Waals surface area contributed by atoms with Crippen molar-refractivity contribution in [3.63, 3.8) is 0 Å². The van der Waals surface area contributed by atoms with Crippen molar-refractivity contribution in [3.05, 3.63) is 28.8 Å². The maximum Gasteiger partial charge on any atom is 0.225 e. The van der Waals surface area contributed by atoms with Crippen LogP contribution < -0.4 is 5.32 Å². The van der Waals surface area contributed by atoms with Crippen LogP contribution in [0.3, 0.4) is 0 Å². The predicted molar refractivity (Wildman–Crippen MR) is 92.9 cm³/mol. The van der Waals surface area contributed by atoms with Crippen molar-refractivity contribution in [2.45, 2.75) is 38.4 Å². The van der Waals surface area contributed by atoms with E-state index in [1.54, 1.807) is 18.2 Å². The SMILES string of the molecule is CC1CN(CCC(=O)Nc2ccc(C#N)c(Cl)c2)CC(C2CC2)O1. The van der Waals surface area contributed by atoms with E-state index in [0.717, 1.165) is 19.6 Å². The highest BCUT2D eigenvalue weighted by Crippen LogP contribution is 2.36. The Hall–Kier alpha value is -1.61. The Labute approximate surface area is 147 Å². The first kappa shape index (κ1) is 17.2. The third-order valence-corrected chi connectivity index (χ3v) is 4.85. The van der Waals surface area contributed by atoms with Gasteiger partial charge in [0, 0.05) is 31.7 Å². The van der Waals surface area contributed by atoms with Crippen LogP contribution >= 0.6 is 11.6 Å². The maximum atomic E-state index is 12.2. The van der Waals surface area contributed by atoms with Gasteiger partial charge < -0.3 is 10.1 Å². The van der Waals surface area contributed by atoms with E-state index in [4.69, 9.17) is 21.6 Å². The molecule has 2 fully saturated rings. The number of nitrogens with one attached hydrogen (secondary N) is 1. The fourth-order valence-electron chi connectivity index (χ4n) is 3.15. The van der Waals surface area contributed by atoms with Crippen LogP contribution in [0, 0.1) is 17.2 Å². The van der Waals surface area contributed by atoms with Crippen LogP contribution in [-0.4, -0.2) is 42.6 Å². The Kier molecular flexibility index (Phi) is 5.40. The van der Waals surface area contributed by atoms with E-state index in [1.165, 1.54) is 12.8 Å². The lowest BCUT2D eigenvalue weighted by atomic mass is 10.1. The molecule has 1 heterocycles. The van der Waals surface area contributed by atoms with E-state index < -0.39 is 0 Å². The molecule has 1 aliphatic carbocycles. The Morgan fingerprint density at radius 3 is 2.92 bits per heavy atom. The number of benzene rings is 1. The predicted octanol–water partition coefficient (Wildman–Crippen LogP) is 3.04. The molecular formula is C18H22ClN3O2. The number of anilines is 1. The first-order chi connectivity index (χ1) is 11.5. The topological polar surface area (TPSA) is 65.4 Å². The quantitative estimate of drug-likeness (QED) is 0.889. The van der Waals surface area contributed by atoms with Crippen molar-refractivity contribution in [1.29, 1.82) is 5.26 Å². The Bertz CT molecular complexity index is 654. The van der Waals surface area contributed by atoms with Gasteiger partial charge in [0.2, 0.25) is 5.91 Å². The molecule has 1 saturated carbocycles. The average Bonchev–Trinajstić information content (AvgIpc) is 3.37. The van der Waals surface area contributed by atoms with Crippen molar-refractivity contribution < 1.29 is 9.53 Å². The van der Waals surface area contributed by atoms with Gasteiger partial charge in [0.15, 0.2) is 0 Å². The minimum atomic E-state index is -0.0436. The first-order valence-corrected chi connectivity index (χ1v) is 8.80. The smallest absolute Gasteiger partial charge is 0.225 e. The number of morpholine rings is 1. The lowest BCUT2D eigenvalue weighted by Crippen LogP contribution is -2.48. The van der Waals surface area contributed by atoms with Crippen molar-refractivity contribution in [2.75, 3.05) is 25.0 Å². The summed E-state index contributed by atoms with van der Waals surface area (Å²) in [5, 5.41) is 12.1. The molecule has 0 aromatic heterocycles. The van der Waals surface area contributed by atoms with E-state index in [1.807, 2.05) is 6.07 Å². The van der Waals surface area contributed by atoms with Crippen LogP contribution in [0.4, 0.5) is 5.69 Å². The van der Waals surface area contributed by atoms with Crippen LogP contribution in [0.25, 0.3) is 0 Å². The van der Waals surface area contributed by atoms with Gasteiger partial charge >= 0.3 is 0 Å². The third kappa shape index (κ3) is 4.47. The number of amides is 1. The Morgan fingerprint density at radius 2 is 2.25 bits per heavy atom. The molecule has 0 spiro atoms. The number of nitrogens with zero attached hydrogens (tertiary/aromatic N) is 2. The molecule has 128 valence electrons. The van der Waals surface area contributed by atoms with Crippen molar-refractivity contribution >= 4 is 23.2 Å². The highest BCUT2D eigenvalue weighted by atomic mass is 35.5. The summed E-state index contributed by atoms with van der Waals surface area (Å²) in [4.78, 5) is 14.5. The molecular weight excluding hydrogens is 326 g/mol. The maximum absolute atomic E-state index is 12.2.